The zero-order chi connectivity index (χ0) is 17.0. The van der Waals surface area contributed by atoms with Gasteiger partial charge in [0.1, 0.15) is 5.82 Å². The van der Waals surface area contributed by atoms with Crippen LogP contribution in [0.1, 0.15) is 12.7 Å². The van der Waals surface area contributed by atoms with E-state index in [0.717, 1.165) is 6.26 Å². The van der Waals surface area contributed by atoms with Crippen LogP contribution >= 0.6 is 0 Å². The van der Waals surface area contributed by atoms with Gasteiger partial charge in [-0.05, 0) is 31.2 Å². The summed E-state index contributed by atoms with van der Waals surface area (Å²) in [7, 11) is -3.28. The molecule has 1 aromatic heterocycles. The second-order valence-corrected chi connectivity index (χ2v) is 6.90. The first-order chi connectivity index (χ1) is 10.9. The number of rotatable bonds is 5. The Hall–Kier alpha value is -2.47. The van der Waals surface area contributed by atoms with Crippen molar-refractivity contribution in [2.75, 3.05) is 6.26 Å². The second kappa shape index (κ2) is 6.75. The Morgan fingerprint density at radius 3 is 2.48 bits per heavy atom. The molecule has 0 atom stereocenters. The van der Waals surface area contributed by atoms with E-state index in [9.17, 15) is 12.8 Å². The molecule has 0 N–H and O–H groups in total. The van der Waals surface area contributed by atoms with Gasteiger partial charge in [0, 0.05) is 17.5 Å². The first-order valence-electron chi connectivity index (χ1n) is 6.88. The summed E-state index contributed by atoms with van der Waals surface area (Å²) in [5.41, 5.74) is 1.31. The van der Waals surface area contributed by atoms with Gasteiger partial charge < -0.3 is 0 Å². The first-order valence-corrected chi connectivity index (χ1v) is 8.77. The Labute approximate surface area is 135 Å². The zero-order valence-electron chi connectivity index (χ0n) is 12.9. The molecule has 0 fully saturated rings. The van der Waals surface area contributed by atoms with E-state index in [2.05, 4.69) is 11.6 Å². The summed E-state index contributed by atoms with van der Waals surface area (Å²) < 4.78 is 38.3. The molecular formula is C17H17FN2O2S. The van der Waals surface area contributed by atoms with E-state index in [1.54, 1.807) is 34.9 Å². The van der Waals surface area contributed by atoms with Gasteiger partial charge in [-0.15, -0.1) is 0 Å². The largest absolute Gasteiger partial charge is 0.297 e. The van der Waals surface area contributed by atoms with Gasteiger partial charge in [-0.25, -0.2) is 8.42 Å². The highest BCUT2D eigenvalue weighted by Gasteiger charge is 2.13. The molecule has 23 heavy (non-hydrogen) atoms. The van der Waals surface area contributed by atoms with Gasteiger partial charge in [0.25, 0.3) is 0 Å². The van der Waals surface area contributed by atoms with Crippen molar-refractivity contribution in [3.05, 3.63) is 73.1 Å². The maximum atomic E-state index is 13.7. The molecule has 0 saturated carbocycles. The standard InChI is InChI=1S/C17H17FN2O2S/c1-4-6-13(7-5-2)17-19-16(18)12-20(17)14-8-10-15(11-9-14)23(3,21)22/h4-12H,1H2,2-3H3/b7-5+,13-6+. The molecule has 0 bridgehead atoms. The predicted molar refractivity (Wildman–Crippen MR) is 89.6 cm³/mol. The molecule has 2 rings (SSSR count). The zero-order valence-corrected chi connectivity index (χ0v) is 13.7. The van der Waals surface area contributed by atoms with Gasteiger partial charge in [0.05, 0.1) is 11.1 Å². The molecule has 6 heteroatoms. The van der Waals surface area contributed by atoms with Crippen LogP contribution in [0.15, 0.2) is 66.2 Å². The monoisotopic (exact) mass is 332 g/mol. The minimum absolute atomic E-state index is 0.207. The molecule has 0 radical (unpaired) electrons. The third kappa shape index (κ3) is 3.84. The highest BCUT2D eigenvalue weighted by Crippen LogP contribution is 2.22. The fourth-order valence-electron chi connectivity index (χ4n) is 2.12. The number of allylic oxidation sites excluding steroid dienone is 5. The average Bonchev–Trinajstić information content (AvgIpc) is 2.88. The van der Waals surface area contributed by atoms with Crippen molar-refractivity contribution < 1.29 is 12.8 Å². The van der Waals surface area contributed by atoms with Crippen molar-refractivity contribution in [3.63, 3.8) is 0 Å². The molecule has 0 aliphatic heterocycles. The van der Waals surface area contributed by atoms with Gasteiger partial charge in [0.2, 0.25) is 5.95 Å². The highest BCUT2D eigenvalue weighted by atomic mass is 32.2. The van der Waals surface area contributed by atoms with Crippen LogP contribution in [0.4, 0.5) is 4.39 Å². The normalized spacial score (nSPS) is 12.7. The van der Waals surface area contributed by atoms with E-state index in [1.165, 1.54) is 18.3 Å². The minimum atomic E-state index is -3.28. The molecule has 2 aromatic rings. The van der Waals surface area contributed by atoms with Crippen molar-refractivity contribution in [1.29, 1.82) is 0 Å². The molecule has 0 aliphatic carbocycles. The number of halogens is 1. The van der Waals surface area contributed by atoms with Gasteiger partial charge in [0.15, 0.2) is 9.84 Å². The van der Waals surface area contributed by atoms with E-state index < -0.39 is 15.8 Å². The first kappa shape index (κ1) is 16.9. The fourth-order valence-corrected chi connectivity index (χ4v) is 2.75. The number of sulfone groups is 1. The lowest BCUT2D eigenvalue weighted by molar-refractivity contribution is 0.589. The number of nitrogens with zero attached hydrogens (tertiary/aromatic N) is 2. The molecule has 0 aliphatic rings. The smallest absolute Gasteiger partial charge is 0.231 e. The van der Waals surface area contributed by atoms with Crippen molar-refractivity contribution in [2.45, 2.75) is 11.8 Å². The summed E-state index contributed by atoms with van der Waals surface area (Å²) in [6, 6.07) is 6.20. The van der Waals surface area contributed by atoms with E-state index in [4.69, 9.17) is 0 Å². The van der Waals surface area contributed by atoms with E-state index >= 15 is 0 Å². The predicted octanol–water partition coefficient (Wildman–Crippen LogP) is 3.56. The van der Waals surface area contributed by atoms with E-state index in [0.29, 0.717) is 17.1 Å². The number of hydrogen-bond acceptors (Lipinski definition) is 3. The van der Waals surface area contributed by atoms with E-state index in [-0.39, 0.29) is 4.90 Å². The average molecular weight is 332 g/mol. The number of hydrogen-bond donors (Lipinski definition) is 0. The Bertz CT molecular complexity index is 876. The van der Waals surface area contributed by atoms with Gasteiger partial charge >= 0.3 is 0 Å². The summed E-state index contributed by atoms with van der Waals surface area (Å²) in [4.78, 5) is 4.11. The topological polar surface area (TPSA) is 52.0 Å². The van der Waals surface area contributed by atoms with Crippen LogP contribution in [0.25, 0.3) is 11.3 Å². The molecule has 1 aromatic carbocycles. The lowest BCUT2D eigenvalue weighted by Crippen LogP contribution is -2.01. The molecule has 0 saturated heterocycles. The molecule has 0 amide bonds. The van der Waals surface area contributed by atoms with Crippen LogP contribution in [0.5, 0.6) is 0 Å². The summed E-state index contributed by atoms with van der Waals surface area (Å²) in [6.45, 7) is 5.50. The van der Waals surface area contributed by atoms with Gasteiger partial charge in [-0.2, -0.15) is 9.37 Å². The summed E-state index contributed by atoms with van der Waals surface area (Å²) in [5, 5.41) is 0. The molecular weight excluding hydrogens is 315 g/mol. The molecule has 0 spiro atoms. The van der Waals surface area contributed by atoms with Crippen molar-refractivity contribution in [3.8, 4) is 5.69 Å². The maximum Gasteiger partial charge on any atom is 0.231 e. The van der Waals surface area contributed by atoms with Crippen LogP contribution in [-0.4, -0.2) is 24.2 Å². The van der Waals surface area contributed by atoms with Crippen LogP contribution in [0.2, 0.25) is 0 Å². The Morgan fingerprint density at radius 2 is 1.96 bits per heavy atom. The third-order valence-corrected chi connectivity index (χ3v) is 4.25. The van der Waals surface area contributed by atoms with Crippen molar-refractivity contribution in [1.82, 2.24) is 9.55 Å². The Morgan fingerprint density at radius 1 is 1.30 bits per heavy atom. The summed E-state index contributed by atoms with van der Waals surface area (Å²) in [5.74, 6) is -0.209. The Kier molecular flexibility index (Phi) is 4.95. The van der Waals surface area contributed by atoms with Crippen LogP contribution in [0, 0.1) is 5.95 Å². The van der Waals surface area contributed by atoms with Gasteiger partial charge in [-0.1, -0.05) is 30.9 Å². The number of aromatic nitrogens is 2. The highest BCUT2D eigenvalue weighted by molar-refractivity contribution is 7.90. The summed E-state index contributed by atoms with van der Waals surface area (Å²) in [6.07, 6.45) is 9.33. The summed E-state index contributed by atoms with van der Waals surface area (Å²) >= 11 is 0. The number of imidazole rings is 1. The van der Waals surface area contributed by atoms with Crippen LogP contribution in [-0.2, 0) is 9.84 Å². The molecule has 4 nitrogen and oxygen atoms in total. The van der Waals surface area contributed by atoms with Crippen LogP contribution in [0.3, 0.4) is 0 Å². The minimum Gasteiger partial charge on any atom is -0.297 e. The lowest BCUT2D eigenvalue weighted by atomic mass is 10.2. The Balaban J connectivity index is 2.57. The molecule has 0 unspecified atom stereocenters. The fraction of sp³-hybridized carbons (Fsp3) is 0.118. The van der Waals surface area contributed by atoms with Gasteiger partial charge in [-0.3, -0.25) is 4.57 Å². The quantitative estimate of drug-likeness (QED) is 0.787. The third-order valence-electron chi connectivity index (χ3n) is 3.12. The molecule has 1 heterocycles. The maximum absolute atomic E-state index is 13.7. The number of benzene rings is 1. The van der Waals surface area contributed by atoms with Crippen LogP contribution < -0.4 is 0 Å². The lowest BCUT2D eigenvalue weighted by Gasteiger charge is -2.09. The second-order valence-electron chi connectivity index (χ2n) is 4.88. The molecule has 120 valence electrons. The van der Waals surface area contributed by atoms with Crippen molar-refractivity contribution >= 4 is 15.4 Å². The van der Waals surface area contributed by atoms with Crippen molar-refractivity contribution in [2.24, 2.45) is 0 Å². The SMILES string of the molecule is C=C/C=C(\C=C\C)c1nc(F)cn1-c1ccc(S(C)(=O)=O)cc1. The van der Waals surface area contributed by atoms with E-state index in [1.807, 2.05) is 13.0 Å².